The Labute approximate surface area is 157 Å². The van der Waals surface area contributed by atoms with Gasteiger partial charge in [-0.15, -0.1) is 0 Å². The molecule has 0 amide bonds. The zero-order chi connectivity index (χ0) is 17.9. The van der Waals surface area contributed by atoms with Gasteiger partial charge < -0.3 is 14.6 Å². The lowest BCUT2D eigenvalue weighted by Crippen LogP contribution is -2.25. The molecular weight excluding hydrogens is 351 g/mol. The standard InChI is InChI=1S/C21H22ClFN2O/c22-20-10-17(23)8-7-15(20)13-25-14-16(19-5-1-2-6-21(19)25)11-24-12-18-4-3-9-26-18/h1-2,5-8,10,14,18,24H,3-4,9,11-13H2/t18-/m1/s1. The number of hydrogen-bond acceptors (Lipinski definition) is 2. The Hall–Kier alpha value is -1.88. The second-order valence-electron chi connectivity index (χ2n) is 6.80. The second kappa shape index (κ2) is 7.78. The molecular formula is C21H22ClFN2O. The monoisotopic (exact) mass is 372 g/mol. The Kier molecular flexibility index (Phi) is 5.25. The maximum Gasteiger partial charge on any atom is 0.124 e. The van der Waals surface area contributed by atoms with Gasteiger partial charge in [0, 0.05) is 48.4 Å². The van der Waals surface area contributed by atoms with Crippen molar-refractivity contribution in [3.8, 4) is 0 Å². The molecule has 2 aromatic carbocycles. The second-order valence-corrected chi connectivity index (χ2v) is 7.21. The molecule has 0 bridgehead atoms. The minimum Gasteiger partial charge on any atom is -0.377 e. The molecule has 26 heavy (non-hydrogen) atoms. The number of rotatable bonds is 6. The van der Waals surface area contributed by atoms with Gasteiger partial charge in [0.25, 0.3) is 0 Å². The first kappa shape index (κ1) is 17.5. The van der Waals surface area contributed by atoms with E-state index in [1.165, 1.54) is 23.1 Å². The number of ether oxygens (including phenoxy) is 1. The first-order valence-electron chi connectivity index (χ1n) is 9.04. The molecule has 1 fully saturated rings. The number of fused-ring (bicyclic) bond motifs is 1. The fourth-order valence-corrected chi connectivity index (χ4v) is 3.83. The number of aromatic nitrogens is 1. The zero-order valence-corrected chi connectivity index (χ0v) is 15.3. The fraction of sp³-hybridized carbons (Fsp3) is 0.333. The van der Waals surface area contributed by atoms with Crippen LogP contribution in [0.15, 0.2) is 48.7 Å². The smallest absolute Gasteiger partial charge is 0.124 e. The number of hydrogen-bond donors (Lipinski definition) is 1. The third kappa shape index (κ3) is 3.78. The van der Waals surface area contributed by atoms with E-state index in [9.17, 15) is 4.39 Å². The molecule has 4 rings (SSSR count). The van der Waals surface area contributed by atoms with Crippen LogP contribution in [0.2, 0.25) is 5.02 Å². The van der Waals surface area contributed by atoms with Crippen molar-refractivity contribution in [1.29, 1.82) is 0 Å². The van der Waals surface area contributed by atoms with Crippen LogP contribution < -0.4 is 5.32 Å². The molecule has 0 aliphatic carbocycles. The predicted octanol–water partition coefficient (Wildman–Crippen LogP) is 4.75. The van der Waals surface area contributed by atoms with E-state index in [4.69, 9.17) is 16.3 Å². The third-order valence-corrected chi connectivity index (χ3v) is 5.29. The summed E-state index contributed by atoms with van der Waals surface area (Å²) in [5.41, 5.74) is 3.31. The van der Waals surface area contributed by atoms with Gasteiger partial charge in [-0.1, -0.05) is 35.9 Å². The van der Waals surface area contributed by atoms with Crippen LogP contribution in [-0.4, -0.2) is 23.8 Å². The minimum atomic E-state index is -0.310. The number of para-hydroxylation sites is 1. The van der Waals surface area contributed by atoms with Crippen molar-refractivity contribution in [3.63, 3.8) is 0 Å². The summed E-state index contributed by atoms with van der Waals surface area (Å²) in [4.78, 5) is 0. The normalized spacial score (nSPS) is 17.2. The molecule has 0 radical (unpaired) electrons. The molecule has 3 aromatic rings. The quantitative estimate of drug-likeness (QED) is 0.675. The SMILES string of the molecule is Fc1ccc(Cn2cc(CNC[C@H]3CCCO3)c3ccccc32)c(Cl)c1. The summed E-state index contributed by atoms with van der Waals surface area (Å²) in [5.74, 6) is -0.310. The van der Waals surface area contributed by atoms with Gasteiger partial charge in [0.1, 0.15) is 5.82 Å². The highest BCUT2D eigenvalue weighted by atomic mass is 35.5. The highest BCUT2D eigenvalue weighted by Crippen LogP contribution is 2.25. The fourth-order valence-electron chi connectivity index (χ4n) is 3.60. The van der Waals surface area contributed by atoms with Crippen LogP contribution in [0.4, 0.5) is 4.39 Å². The summed E-state index contributed by atoms with van der Waals surface area (Å²) < 4.78 is 21.2. The summed E-state index contributed by atoms with van der Waals surface area (Å²) >= 11 is 6.21. The van der Waals surface area contributed by atoms with Crippen LogP contribution in [0.5, 0.6) is 0 Å². The Morgan fingerprint density at radius 3 is 2.88 bits per heavy atom. The van der Waals surface area contributed by atoms with Crippen molar-refractivity contribution in [2.45, 2.75) is 32.0 Å². The molecule has 1 aliphatic heterocycles. The predicted molar refractivity (Wildman–Crippen MR) is 103 cm³/mol. The van der Waals surface area contributed by atoms with Crippen molar-refractivity contribution in [2.75, 3.05) is 13.2 Å². The molecule has 1 aromatic heterocycles. The van der Waals surface area contributed by atoms with Crippen molar-refractivity contribution in [1.82, 2.24) is 9.88 Å². The molecule has 1 saturated heterocycles. The van der Waals surface area contributed by atoms with Crippen LogP contribution in [-0.2, 0) is 17.8 Å². The minimum absolute atomic E-state index is 0.310. The lowest BCUT2D eigenvalue weighted by molar-refractivity contribution is 0.110. The van der Waals surface area contributed by atoms with E-state index in [0.717, 1.165) is 43.6 Å². The Bertz CT molecular complexity index is 902. The lowest BCUT2D eigenvalue weighted by Gasteiger charge is -2.10. The van der Waals surface area contributed by atoms with Gasteiger partial charge in [-0.2, -0.15) is 0 Å². The number of halogens is 2. The van der Waals surface area contributed by atoms with Crippen LogP contribution in [0, 0.1) is 5.82 Å². The van der Waals surface area contributed by atoms with Gasteiger partial charge in [0.05, 0.1) is 6.10 Å². The summed E-state index contributed by atoms with van der Waals surface area (Å²) in [5, 5.41) is 5.20. The molecule has 2 heterocycles. The maximum absolute atomic E-state index is 13.3. The molecule has 0 saturated carbocycles. The van der Waals surface area contributed by atoms with Crippen molar-refractivity contribution < 1.29 is 9.13 Å². The topological polar surface area (TPSA) is 26.2 Å². The first-order valence-corrected chi connectivity index (χ1v) is 9.41. The number of nitrogens with zero attached hydrogens (tertiary/aromatic N) is 1. The highest BCUT2D eigenvalue weighted by Gasteiger charge is 2.15. The van der Waals surface area contributed by atoms with E-state index < -0.39 is 0 Å². The first-order chi connectivity index (χ1) is 12.7. The van der Waals surface area contributed by atoms with Gasteiger partial charge in [-0.05, 0) is 42.2 Å². The summed E-state index contributed by atoms with van der Waals surface area (Å²) in [6, 6.07) is 12.9. The molecule has 3 nitrogen and oxygen atoms in total. The van der Waals surface area contributed by atoms with Crippen LogP contribution in [0.25, 0.3) is 10.9 Å². The van der Waals surface area contributed by atoms with Gasteiger partial charge in [-0.25, -0.2) is 4.39 Å². The van der Waals surface area contributed by atoms with Crippen LogP contribution in [0.1, 0.15) is 24.0 Å². The number of nitrogens with one attached hydrogen (secondary N) is 1. The van der Waals surface area contributed by atoms with Gasteiger partial charge in [-0.3, -0.25) is 0 Å². The molecule has 1 N–H and O–H groups in total. The Balaban J connectivity index is 1.55. The molecule has 0 spiro atoms. The van der Waals surface area contributed by atoms with Crippen molar-refractivity contribution in [2.24, 2.45) is 0 Å². The molecule has 1 atom stereocenters. The number of benzene rings is 2. The van der Waals surface area contributed by atoms with Crippen LogP contribution in [0.3, 0.4) is 0 Å². The summed E-state index contributed by atoms with van der Waals surface area (Å²) in [6.07, 6.45) is 4.79. The molecule has 5 heteroatoms. The van der Waals surface area contributed by atoms with Crippen LogP contribution >= 0.6 is 11.6 Å². The molecule has 1 aliphatic rings. The average molecular weight is 373 g/mol. The largest absolute Gasteiger partial charge is 0.377 e. The van der Waals surface area contributed by atoms with Crippen molar-refractivity contribution in [3.05, 3.63) is 70.6 Å². The highest BCUT2D eigenvalue weighted by molar-refractivity contribution is 6.31. The molecule has 0 unspecified atom stereocenters. The molecule has 136 valence electrons. The van der Waals surface area contributed by atoms with E-state index in [-0.39, 0.29) is 5.82 Å². The Morgan fingerprint density at radius 2 is 2.08 bits per heavy atom. The average Bonchev–Trinajstić information content (AvgIpc) is 3.26. The third-order valence-electron chi connectivity index (χ3n) is 4.94. The van der Waals surface area contributed by atoms with E-state index >= 15 is 0 Å². The zero-order valence-electron chi connectivity index (χ0n) is 14.6. The summed E-state index contributed by atoms with van der Waals surface area (Å²) in [6.45, 7) is 3.17. The van der Waals surface area contributed by atoms with Gasteiger partial charge in [0.2, 0.25) is 0 Å². The maximum atomic E-state index is 13.3. The van der Waals surface area contributed by atoms with E-state index in [2.05, 4.69) is 34.3 Å². The Morgan fingerprint density at radius 1 is 1.19 bits per heavy atom. The van der Waals surface area contributed by atoms with Gasteiger partial charge >= 0.3 is 0 Å². The van der Waals surface area contributed by atoms with Crippen molar-refractivity contribution >= 4 is 22.5 Å². The summed E-state index contributed by atoms with van der Waals surface area (Å²) in [7, 11) is 0. The van der Waals surface area contributed by atoms with E-state index in [1.54, 1.807) is 6.07 Å². The lowest BCUT2D eigenvalue weighted by atomic mass is 10.1. The van der Waals surface area contributed by atoms with Gasteiger partial charge in [0.15, 0.2) is 0 Å². The van der Waals surface area contributed by atoms with E-state index in [1.807, 2.05) is 6.07 Å². The van der Waals surface area contributed by atoms with E-state index in [0.29, 0.717) is 17.7 Å².